The lowest BCUT2D eigenvalue weighted by molar-refractivity contribution is -0.133. The Hall–Kier alpha value is -0.570. The van der Waals surface area contributed by atoms with Crippen molar-refractivity contribution in [2.24, 2.45) is 11.1 Å². The molecule has 1 fully saturated rings. The Morgan fingerprint density at radius 1 is 1.50 bits per heavy atom. The van der Waals surface area contributed by atoms with E-state index >= 15 is 0 Å². The summed E-state index contributed by atoms with van der Waals surface area (Å²) < 4.78 is 5.21. The van der Waals surface area contributed by atoms with E-state index in [1.165, 1.54) is 0 Å². The molecular formula is C9H17NO2. The second-order valence-electron chi connectivity index (χ2n) is 3.51. The molecule has 2 N–H and O–H groups in total. The van der Waals surface area contributed by atoms with Crippen LogP contribution < -0.4 is 5.73 Å². The lowest BCUT2D eigenvalue weighted by atomic mass is 9.76. The topological polar surface area (TPSA) is 52.3 Å². The number of carbonyl (C=O) groups is 1. The molecule has 12 heavy (non-hydrogen) atoms. The number of nitrogens with two attached hydrogens (primary N) is 1. The van der Waals surface area contributed by atoms with Crippen molar-refractivity contribution < 1.29 is 9.53 Å². The summed E-state index contributed by atoms with van der Waals surface area (Å²) in [6.45, 7) is 3.45. The molecule has 0 bridgehead atoms. The zero-order valence-corrected chi connectivity index (χ0v) is 7.64. The Bertz CT molecular complexity index is 156. The Kier molecular flexibility index (Phi) is 3.09. The molecule has 0 spiro atoms. The van der Waals surface area contributed by atoms with Crippen molar-refractivity contribution >= 4 is 5.91 Å². The van der Waals surface area contributed by atoms with Crippen LogP contribution in [0.2, 0.25) is 0 Å². The van der Waals surface area contributed by atoms with Crippen molar-refractivity contribution in [2.75, 3.05) is 13.2 Å². The van der Waals surface area contributed by atoms with Gasteiger partial charge in [-0.3, -0.25) is 4.79 Å². The molecular weight excluding hydrogens is 154 g/mol. The van der Waals surface area contributed by atoms with Crippen LogP contribution in [0.1, 0.15) is 32.6 Å². The van der Waals surface area contributed by atoms with Crippen molar-refractivity contribution in [1.82, 2.24) is 0 Å². The van der Waals surface area contributed by atoms with E-state index in [-0.39, 0.29) is 11.3 Å². The van der Waals surface area contributed by atoms with Gasteiger partial charge in [0.05, 0.1) is 5.41 Å². The summed E-state index contributed by atoms with van der Waals surface area (Å²) >= 11 is 0. The lowest BCUT2D eigenvalue weighted by Gasteiger charge is -2.33. The third kappa shape index (κ3) is 1.78. The minimum atomic E-state index is -0.257. The summed E-state index contributed by atoms with van der Waals surface area (Å²) in [6.07, 6.45) is 3.53. The second kappa shape index (κ2) is 3.90. The molecule has 1 heterocycles. The van der Waals surface area contributed by atoms with Crippen LogP contribution in [0.5, 0.6) is 0 Å². The van der Waals surface area contributed by atoms with Crippen molar-refractivity contribution in [3.05, 3.63) is 0 Å². The van der Waals surface area contributed by atoms with E-state index in [0.29, 0.717) is 13.2 Å². The SMILES string of the molecule is CCCC1(C(N)=O)CCOCC1. The highest BCUT2D eigenvalue weighted by Crippen LogP contribution is 2.34. The molecule has 0 atom stereocenters. The lowest BCUT2D eigenvalue weighted by Crippen LogP contribution is -2.41. The van der Waals surface area contributed by atoms with Crippen LogP contribution in [-0.4, -0.2) is 19.1 Å². The predicted molar refractivity (Wildman–Crippen MR) is 46.6 cm³/mol. The first-order valence-corrected chi connectivity index (χ1v) is 4.59. The molecule has 0 unspecified atom stereocenters. The normalized spacial score (nSPS) is 22.1. The first-order chi connectivity index (χ1) is 5.71. The van der Waals surface area contributed by atoms with Gasteiger partial charge >= 0.3 is 0 Å². The van der Waals surface area contributed by atoms with Crippen LogP contribution in [-0.2, 0) is 9.53 Å². The number of carbonyl (C=O) groups excluding carboxylic acids is 1. The first-order valence-electron chi connectivity index (χ1n) is 4.59. The Morgan fingerprint density at radius 3 is 2.50 bits per heavy atom. The Balaban J connectivity index is 2.63. The smallest absolute Gasteiger partial charge is 0.223 e. The number of primary amides is 1. The maximum absolute atomic E-state index is 11.2. The van der Waals surface area contributed by atoms with E-state index in [1.807, 2.05) is 0 Å². The average molecular weight is 171 g/mol. The third-order valence-corrected chi connectivity index (χ3v) is 2.70. The number of amides is 1. The maximum Gasteiger partial charge on any atom is 0.223 e. The molecule has 1 aliphatic rings. The van der Waals surface area contributed by atoms with E-state index in [0.717, 1.165) is 25.7 Å². The summed E-state index contributed by atoms with van der Waals surface area (Å²) in [4.78, 5) is 11.2. The largest absolute Gasteiger partial charge is 0.381 e. The summed E-state index contributed by atoms with van der Waals surface area (Å²) in [5, 5.41) is 0. The number of rotatable bonds is 3. The van der Waals surface area contributed by atoms with Crippen LogP contribution in [0, 0.1) is 5.41 Å². The van der Waals surface area contributed by atoms with Gasteiger partial charge in [-0.1, -0.05) is 13.3 Å². The molecule has 1 rings (SSSR count). The van der Waals surface area contributed by atoms with Crippen LogP contribution in [0.15, 0.2) is 0 Å². The molecule has 70 valence electrons. The van der Waals surface area contributed by atoms with Gasteiger partial charge in [-0.25, -0.2) is 0 Å². The highest BCUT2D eigenvalue weighted by Gasteiger charge is 2.37. The average Bonchev–Trinajstić information content (AvgIpc) is 2.06. The molecule has 1 saturated heterocycles. The van der Waals surface area contributed by atoms with Crippen LogP contribution >= 0.6 is 0 Å². The van der Waals surface area contributed by atoms with Gasteiger partial charge in [-0.2, -0.15) is 0 Å². The summed E-state index contributed by atoms with van der Waals surface area (Å²) in [5.74, 6) is -0.146. The van der Waals surface area contributed by atoms with E-state index in [1.54, 1.807) is 0 Å². The van der Waals surface area contributed by atoms with Gasteiger partial charge in [0.25, 0.3) is 0 Å². The molecule has 0 aliphatic carbocycles. The fourth-order valence-corrected chi connectivity index (χ4v) is 1.86. The van der Waals surface area contributed by atoms with E-state index in [2.05, 4.69) is 6.92 Å². The Morgan fingerprint density at radius 2 is 2.08 bits per heavy atom. The quantitative estimate of drug-likeness (QED) is 0.690. The van der Waals surface area contributed by atoms with Crippen molar-refractivity contribution in [3.8, 4) is 0 Å². The predicted octanol–water partition coefficient (Wildman–Crippen LogP) is 1.07. The molecule has 1 aliphatic heterocycles. The van der Waals surface area contributed by atoms with Gasteiger partial charge in [-0.15, -0.1) is 0 Å². The van der Waals surface area contributed by atoms with Gasteiger partial charge in [0.2, 0.25) is 5.91 Å². The summed E-state index contributed by atoms with van der Waals surface area (Å²) in [6, 6.07) is 0. The minimum absolute atomic E-state index is 0.146. The fraction of sp³-hybridized carbons (Fsp3) is 0.889. The standard InChI is InChI=1S/C9H17NO2/c1-2-3-9(8(10)11)4-6-12-7-5-9/h2-7H2,1H3,(H2,10,11). The molecule has 0 saturated carbocycles. The molecule has 0 radical (unpaired) electrons. The first kappa shape index (κ1) is 9.52. The monoisotopic (exact) mass is 171 g/mol. The molecule has 3 nitrogen and oxygen atoms in total. The third-order valence-electron chi connectivity index (χ3n) is 2.70. The van der Waals surface area contributed by atoms with Crippen LogP contribution in [0.25, 0.3) is 0 Å². The van der Waals surface area contributed by atoms with Gasteiger partial charge in [-0.05, 0) is 19.3 Å². The minimum Gasteiger partial charge on any atom is -0.381 e. The molecule has 1 amide bonds. The van der Waals surface area contributed by atoms with Crippen LogP contribution in [0.4, 0.5) is 0 Å². The van der Waals surface area contributed by atoms with Crippen molar-refractivity contribution in [1.29, 1.82) is 0 Å². The Labute approximate surface area is 73.3 Å². The van der Waals surface area contributed by atoms with Gasteiger partial charge < -0.3 is 10.5 Å². The van der Waals surface area contributed by atoms with Gasteiger partial charge in [0, 0.05) is 13.2 Å². The van der Waals surface area contributed by atoms with E-state index in [9.17, 15) is 4.79 Å². The number of ether oxygens (including phenoxy) is 1. The summed E-state index contributed by atoms with van der Waals surface area (Å²) in [7, 11) is 0. The molecule has 3 heteroatoms. The number of hydrogen-bond donors (Lipinski definition) is 1. The molecule has 0 aromatic carbocycles. The maximum atomic E-state index is 11.2. The highest BCUT2D eigenvalue weighted by molar-refractivity contribution is 5.80. The van der Waals surface area contributed by atoms with Gasteiger partial charge in [0.15, 0.2) is 0 Å². The highest BCUT2D eigenvalue weighted by atomic mass is 16.5. The summed E-state index contributed by atoms with van der Waals surface area (Å²) in [5.41, 5.74) is 5.14. The zero-order valence-electron chi connectivity index (χ0n) is 7.64. The fourth-order valence-electron chi connectivity index (χ4n) is 1.86. The van der Waals surface area contributed by atoms with Gasteiger partial charge in [0.1, 0.15) is 0 Å². The zero-order chi connectivity index (χ0) is 9.03. The van der Waals surface area contributed by atoms with E-state index < -0.39 is 0 Å². The van der Waals surface area contributed by atoms with E-state index in [4.69, 9.17) is 10.5 Å². The molecule has 0 aromatic rings. The van der Waals surface area contributed by atoms with Crippen molar-refractivity contribution in [3.63, 3.8) is 0 Å². The van der Waals surface area contributed by atoms with Crippen LogP contribution in [0.3, 0.4) is 0 Å². The van der Waals surface area contributed by atoms with Crippen molar-refractivity contribution in [2.45, 2.75) is 32.6 Å². The second-order valence-corrected chi connectivity index (χ2v) is 3.51. The molecule has 0 aromatic heterocycles. The number of hydrogen-bond acceptors (Lipinski definition) is 2.